The fourth-order valence-electron chi connectivity index (χ4n) is 2.98. The number of amides is 1. The second-order valence-corrected chi connectivity index (χ2v) is 9.35. The van der Waals surface area contributed by atoms with Gasteiger partial charge in [0.05, 0.1) is 12.0 Å². The number of benzene rings is 3. The van der Waals surface area contributed by atoms with Gasteiger partial charge >= 0.3 is 0 Å². The summed E-state index contributed by atoms with van der Waals surface area (Å²) in [5.41, 5.74) is 1.46. The van der Waals surface area contributed by atoms with Gasteiger partial charge in [0.2, 0.25) is 15.9 Å². The van der Waals surface area contributed by atoms with E-state index in [2.05, 4.69) is 10.0 Å². The highest BCUT2D eigenvalue weighted by Crippen LogP contribution is 2.20. The Morgan fingerprint density at radius 1 is 1.00 bits per heavy atom. The van der Waals surface area contributed by atoms with Crippen molar-refractivity contribution in [3.63, 3.8) is 0 Å². The van der Waals surface area contributed by atoms with Gasteiger partial charge in [-0.25, -0.2) is 8.42 Å². The zero-order valence-corrected chi connectivity index (χ0v) is 18.9. The van der Waals surface area contributed by atoms with Crippen LogP contribution in [0.4, 0.5) is 5.69 Å². The molecule has 0 saturated carbocycles. The second-order valence-electron chi connectivity index (χ2n) is 6.76. The number of anilines is 1. The monoisotopic (exact) mass is 456 g/mol. The van der Waals surface area contributed by atoms with E-state index in [0.717, 1.165) is 10.5 Å². The first kappa shape index (κ1) is 22.9. The van der Waals surface area contributed by atoms with Crippen molar-refractivity contribution in [2.75, 3.05) is 18.7 Å². The summed E-state index contributed by atoms with van der Waals surface area (Å²) >= 11 is 1.56. The van der Waals surface area contributed by atoms with Crippen LogP contribution in [0.25, 0.3) is 0 Å². The zero-order valence-electron chi connectivity index (χ0n) is 17.2. The summed E-state index contributed by atoms with van der Waals surface area (Å²) in [7, 11) is -2.42. The van der Waals surface area contributed by atoms with Crippen LogP contribution in [-0.4, -0.2) is 33.7 Å². The lowest BCUT2D eigenvalue weighted by Crippen LogP contribution is -2.45. The first-order chi connectivity index (χ1) is 14.9. The lowest BCUT2D eigenvalue weighted by molar-refractivity contribution is -0.117. The van der Waals surface area contributed by atoms with Crippen molar-refractivity contribution in [3.8, 4) is 5.75 Å². The van der Waals surface area contributed by atoms with Crippen molar-refractivity contribution in [1.82, 2.24) is 4.72 Å². The highest BCUT2D eigenvalue weighted by molar-refractivity contribution is 7.98. The van der Waals surface area contributed by atoms with Crippen molar-refractivity contribution in [2.24, 2.45) is 0 Å². The van der Waals surface area contributed by atoms with Gasteiger partial charge in [-0.2, -0.15) is 4.72 Å². The van der Waals surface area contributed by atoms with E-state index >= 15 is 0 Å². The number of methoxy groups -OCH3 is 1. The highest BCUT2D eigenvalue weighted by atomic mass is 32.2. The molecule has 1 unspecified atom stereocenters. The maximum Gasteiger partial charge on any atom is 0.242 e. The Bertz CT molecular complexity index is 1120. The molecule has 1 amide bonds. The molecule has 1 atom stereocenters. The van der Waals surface area contributed by atoms with Gasteiger partial charge in [0, 0.05) is 10.6 Å². The summed E-state index contributed by atoms with van der Waals surface area (Å²) in [5.74, 6) is 0.116. The normalized spacial score (nSPS) is 12.2. The number of ether oxygens (including phenoxy) is 1. The van der Waals surface area contributed by atoms with Gasteiger partial charge in [0.25, 0.3) is 0 Å². The molecule has 0 radical (unpaired) electrons. The first-order valence-corrected chi connectivity index (χ1v) is 12.3. The maximum atomic E-state index is 13.1. The van der Waals surface area contributed by atoms with E-state index < -0.39 is 22.0 Å². The van der Waals surface area contributed by atoms with Crippen molar-refractivity contribution in [3.05, 3.63) is 84.4 Å². The second kappa shape index (κ2) is 10.5. The number of thioether (sulfide) groups is 1. The zero-order chi connectivity index (χ0) is 22.3. The first-order valence-electron chi connectivity index (χ1n) is 9.56. The van der Waals surface area contributed by atoms with Crippen LogP contribution in [0.3, 0.4) is 0 Å². The lowest BCUT2D eigenvalue weighted by Gasteiger charge is -2.19. The molecule has 8 heteroatoms. The van der Waals surface area contributed by atoms with E-state index in [1.807, 2.05) is 54.8 Å². The molecule has 0 spiro atoms. The molecule has 162 valence electrons. The third kappa shape index (κ3) is 6.33. The summed E-state index contributed by atoms with van der Waals surface area (Å²) in [6.45, 7) is 0. The lowest BCUT2D eigenvalue weighted by atomic mass is 10.1. The summed E-state index contributed by atoms with van der Waals surface area (Å²) in [4.78, 5) is 14.1. The molecule has 0 fully saturated rings. The van der Waals surface area contributed by atoms with Crippen molar-refractivity contribution < 1.29 is 17.9 Å². The van der Waals surface area contributed by atoms with Crippen LogP contribution in [-0.2, 0) is 21.2 Å². The Morgan fingerprint density at radius 2 is 1.71 bits per heavy atom. The minimum Gasteiger partial charge on any atom is -0.497 e. The minimum atomic E-state index is -3.93. The molecule has 3 rings (SSSR count). The summed E-state index contributed by atoms with van der Waals surface area (Å²) in [6.07, 6.45) is 2.16. The fourth-order valence-corrected chi connectivity index (χ4v) is 4.63. The Morgan fingerprint density at radius 3 is 2.35 bits per heavy atom. The molecule has 2 N–H and O–H groups in total. The largest absolute Gasteiger partial charge is 0.497 e. The molecule has 0 aromatic heterocycles. The summed E-state index contributed by atoms with van der Waals surface area (Å²) in [5, 5.41) is 2.83. The fraction of sp³-hybridized carbons (Fsp3) is 0.174. The molecule has 0 aliphatic carbocycles. The van der Waals surface area contributed by atoms with E-state index in [9.17, 15) is 13.2 Å². The molecular weight excluding hydrogens is 432 g/mol. The van der Waals surface area contributed by atoms with Crippen LogP contribution >= 0.6 is 11.8 Å². The molecule has 0 aliphatic rings. The van der Waals surface area contributed by atoms with E-state index in [-0.39, 0.29) is 11.3 Å². The van der Waals surface area contributed by atoms with E-state index in [4.69, 9.17) is 4.74 Å². The molecule has 3 aromatic rings. The molecule has 31 heavy (non-hydrogen) atoms. The van der Waals surface area contributed by atoms with Crippen molar-refractivity contribution >= 4 is 33.4 Å². The van der Waals surface area contributed by atoms with Gasteiger partial charge in [0.1, 0.15) is 11.8 Å². The number of hydrogen-bond donors (Lipinski definition) is 2. The standard InChI is InChI=1S/C23H24N2O4S2/c1-29-19-11-13-21(14-12-19)31(27,28)25-22(15-17-7-4-3-5-8-17)23(26)24-18-9-6-10-20(16-18)30-2/h3-14,16,22,25H,15H2,1-2H3,(H,24,26). The average molecular weight is 457 g/mol. The molecule has 0 aliphatic heterocycles. The Kier molecular flexibility index (Phi) is 7.73. The van der Waals surface area contributed by atoms with Crippen LogP contribution in [0.5, 0.6) is 5.75 Å². The minimum absolute atomic E-state index is 0.0588. The van der Waals surface area contributed by atoms with Crippen molar-refractivity contribution in [1.29, 1.82) is 0 Å². The quantitative estimate of drug-likeness (QED) is 0.477. The number of carbonyl (C=O) groups is 1. The van der Waals surface area contributed by atoms with Crippen LogP contribution in [0.1, 0.15) is 5.56 Å². The number of nitrogens with one attached hydrogen (secondary N) is 2. The van der Waals surface area contributed by atoms with Gasteiger partial charge in [-0.3, -0.25) is 4.79 Å². The van der Waals surface area contributed by atoms with Gasteiger partial charge < -0.3 is 10.1 Å². The van der Waals surface area contributed by atoms with Crippen molar-refractivity contribution in [2.45, 2.75) is 22.3 Å². The Labute approximate surface area is 187 Å². The van der Waals surface area contributed by atoms with Crippen LogP contribution in [0.15, 0.2) is 88.7 Å². The van der Waals surface area contributed by atoms with Gasteiger partial charge in [-0.05, 0) is 60.7 Å². The smallest absolute Gasteiger partial charge is 0.242 e. The maximum absolute atomic E-state index is 13.1. The number of rotatable bonds is 9. The SMILES string of the molecule is COc1ccc(S(=O)(=O)NC(Cc2ccccc2)C(=O)Nc2cccc(SC)c2)cc1. The van der Waals surface area contributed by atoms with Crippen LogP contribution in [0, 0.1) is 0 Å². The molecule has 6 nitrogen and oxygen atoms in total. The number of hydrogen-bond acceptors (Lipinski definition) is 5. The Hall–Kier alpha value is -2.81. The highest BCUT2D eigenvalue weighted by Gasteiger charge is 2.26. The predicted molar refractivity (Wildman–Crippen MR) is 124 cm³/mol. The predicted octanol–water partition coefficient (Wildman–Crippen LogP) is 3.95. The topological polar surface area (TPSA) is 84.5 Å². The average Bonchev–Trinajstić information content (AvgIpc) is 2.79. The molecule has 3 aromatic carbocycles. The third-order valence-electron chi connectivity index (χ3n) is 4.60. The third-order valence-corrected chi connectivity index (χ3v) is 6.82. The van der Waals surface area contributed by atoms with Gasteiger partial charge in [-0.15, -0.1) is 11.8 Å². The number of sulfonamides is 1. The van der Waals surface area contributed by atoms with Gasteiger partial charge in [-0.1, -0.05) is 36.4 Å². The van der Waals surface area contributed by atoms with Crippen LogP contribution in [0.2, 0.25) is 0 Å². The summed E-state index contributed by atoms with van der Waals surface area (Å²) < 4.78 is 33.6. The number of carbonyl (C=O) groups excluding carboxylic acids is 1. The Balaban J connectivity index is 1.85. The van der Waals surface area contributed by atoms with E-state index in [0.29, 0.717) is 11.4 Å². The molecule has 0 saturated heterocycles. The summed E-state index contributed by atoms with van der Waals surface area (Å²) in [6, 6.07) is 21.7. The molecular formula is C23H24N2O4S2. The van der Waals surface area contributed by atoms with Gasteiger partial charge in [0.15, 0.2) is 0 Å². The van der Waals surface area contributed by atoms with E-state index in [1.54, 1.807) is 30.0 Å². The van der Waals surface area contributed by atoms with Crippen LogP contribution < -0.4 is 14.8 Å². The molecule has 0 heterocycles. The van der Waals surface area contributed by atoms with E-state index in [1.165, 1.54) is 19.2 Å². The molecule has 0 bridgehead atoms.